The molecule has 1 aliphatic carbocycles. The lowest BCUT2D eigenvalue weighted by molar-refractivity contribution is -0.114. The molecule has 0 saturated heterocycles. The largest absolute Gasteiger partial charge is 0.381 e. The van der Waals surface area contributed by atoms with E-state index in [4.69, 9.17) is 23.2 Å². The summed E-state index contributed by atoms with van der Waals surface area (Å²) < 4.78 is 0. The Bertz CT molecular complexity index is 431. The van der Waals surface area contributed by atoms with Crippen molar-refractivity contribution in [3.05, 3.63) is 35.7 Å². The van der Waals surface area contributed by atoms with E-state index in [1.54, 1.807) is 19.1 Å². The van der Waals surface area contributed by atoms with Gasteiger partial charge in [0.1, 0.15) is 0 Å². The second kappa shape index (κ2) is 7.97. The lowest BCUT2D eigenvalue weighted by Crippen LogP contribution is -2.46. The summed E-state index contributed by atoms with van der Waals surface area (Å²) in [5, 5.41) is 3.35. The number of nitrogens with one attached hydrogen (secondary N) is 2. The molecule has 6 heteroatoms. The first kappa shape index (κ1) is 16.6. The van der Waals surface area contributed by atoms with E-state index in [-0.39, 0.29) is 12.1 Å². The fourth-order valence-electron chi connectivity index (χ4n) is 2.21. The fraction of sp³-hybridized carbons (Fsp3) is 0.500. The van der Waals surface area contributed by atoms with E-state index in [1.165, 1.54) is 6.42 Å². The highest BCUT2D eigenvalue weighted by molar-refractivity contribution is 6.15. The second-order valence-electron chi connectivity index (χ2n) is 5.00. The normalized spacial score (nSPS) is 24.6. The van der Waals surface area contributed by atoms with Crippen molar-refractivity contribution in [2.75, 3.05) is 0 Å². The molecule has 6 N–H and O–H groups in total. The molecule has 2 atom stereocenters. The van der Waals surface area contributed by atoms with Crippen LogP contribution in [0, 0.1) is 0 Å². The molecular weight excluding hydrogens is 276 g/mol. The quantitative estimate of drug-likeness (QED) is 0.339. The van der Waals surface area contributed by atoms with Gasteiger partial charge in [0.2, 0.25) is 5.91 Å². The second-order valence-corrected chi connectivity index (χ2v) is 5.19. The van der Waals surface area contributed by atoms with Crippen LogP contribution in [0.2, 0.25) is 0 Å². The van der Waals surface area contributed by atoms with Gasteiger partial charge in [-0.25, -0.2) is 0 Å². The first-order chi connectivity index (χ1) is 9.49. The maximum atomic E-state index is 11.2. The third-order valence-electron chi connectivity index (χ3n) is 3.57. The maximum absolute atomic E-state index is 11.2. The Kier molecular flexibility index (Phi) is 6.61. The number of nitrogens with two attached hydrogens (primary N) is 2. The van der Waals surface area contributed by atoms with Gasteiger partial charge in [-0.1, -0.05) is 19.4 Å². The molecule has 0 bridgehead atoms. The van der Waals surface area contributed by atoms with E-state index in [1.807, 2.05) is 0 Å². The summed E-state index contributed by atoms with van der Waals surface area (Å²) in [6, 6.07) is 0.333. The molecule has 1 aliphatic rings. The number of hydrogen-bond acceptors (Lipinski definition) is 4. The van der Waals surface area contributed by atoms with Crippen molar-refractivity contribution in [3.63, 3.8) is 0 Å². The van der Waals surface area contributed by atoms with Crippen LogP contribution >= 0.6 is 11.8 Å². The SMILES string of the molecule is C=C/C(=C\C(NCl)=C(/C)C(N)=O)N[C@@H]1CCCC[C@@H]1N. The van der Waals surface area contributed by atoms with E-state index in [9.17, 15) is 4.79 Å². The topological polar surface area (TPSA) is 93.2 Å². The molecule has 0 radical (unpaired) electrons. The summed E-state index contributed by atoms with van der Waals surface area (Å²) in [6.45, 7) is 5.37. The van der Waals surface area contributed by atoms with Gasteiger partial charge in [0.15, 0.2) is 0 Å². The number of primary amides is 1. The monoisotopic (exact) mass is 298 g/mol. The van der Waals surface area contributed by atoms with Gasteiger partial charge in [0, 0.05) is 35.1 Å². The Hall–Kier alpha value is -1.46. The molecule has 0 aliphatic heterocycles. The highest BCUT2D eigenvalue weighted by Crippen LogP contribution is 2.18. The van der Waals surface area contributed by atoms with Gasteiger partial charge in [0.05, 0.1) is 5.70 Å². The fourth-order valence-corrected chi connectivity index (χ4v) is 2.40. The number of carbonyl (C=O) groups is 1. The number of halogens is 1. The lowest BCUT2D eigenvalue weighted by Gasteiger charge is -2.30. The summed E-state index contributed by atoms with van der Waals surface area (Å²) >= 11 is 5.63. The van der Waals surface area contributed by atoms with Crippen molar-refractivity contribution in [2.24, 2.45) is 11.5 Å². The first-order valence-electron chi connectivity index (χ1n) is 6.73. The summed E-state index contributed by atoms with van der Waals surface area (Å²) in [5.74, 6) is -0.526. The van der Waals surface area contributed by atoms with Crippen LogP contribution in [0.3, 0.4) is 0 Å². The Labute approximate surface area is 125 Å². The van der Waals surface area contributed by atoms with E-state index < -0.39 is 5.91 Å². The van der Waals surface area contributed by atoms with Gasteiger partial charge in [-0.05, 0) is 31.9 Å². The first-order valence-corrected chi connectivity index (χ1v) is 7.11. The third kappa shape index (κ3) is 4.58. The Morgan fingerprint density at radius 2 is 2.05 bits per heavy atom. The number of hydrogen-bond donors (Lipinski definition) is 4. The molecule has 0 aromatic heterocycles. The predicted molar refractivity (Wildman–Crippen MR) is 82.5 cm³/mol. The van der Waals surface area contributed by atoms with Gasteiger partial charge in [-0.3, -0.25) is 9.63 Å². The van der Waals surface area contributed by atoms with Crippen LogP contribution in [0.25, 0.3) is 0 Å². The van der Waals surface area contributed by atoms with Gasteiger partial charge in [0.25, 0.3) is 0 Å². The van der Waals surface area contributed by atoms with Crippen LogP contribution in [0.5, 0.6) is 0 Å². The van der Waals surface area contributed by atoms with Crippen molar-refractivity contribution in [3.8, 4) is 0 Å². The van der Waals surface area contributed by atoms with Crippen LogP contribution in [-0.4, -0.2) is 18.0 Å². The lowest BCUT2D eigenvalue weighted by atomic mass is 9.91. The van der Waals surface area contributed by atoms with E-state index >= 15 is 0 Å². The average Bonchev–Trinajstić information content (AvgIpc) is 2.44. The molecule has 5 nitrogen and oxygen atoms in total. The minimum Gasteiger partial charge on any atom is -0.381 e. The highest BCUT2D eigenvalue weighted by Gasteiger charge is 2.21. The zero-order chi connectivity index (χ0) is 15.1. The van der Waals surface area contributed by atoms with Gasteiger partial charge in [-0.2, -0.15) is 0 Å². The standard InChI is InChI=1S/C14H23ClN4O/c1-3-10(8-13(19-15)9(2)14(17)20)18-12-7-5-4-6-11(12)16/h3,8,11-12,18-19H,1,4-7,16H2,2H3,(H2,17,20)/b10-8+,13-9-/t11-,12+/m0/s1. The van der Waals surface area contributed by atoms with Crippen LogP contribution in [0.4, 0.5) is 0 Å². The molecule has 0 heterocycles. The molecule has 0 unspecified atom stereocenters. The third-order valence-corrected chi connectivity index (χ3v) is 3.77. The minimum atomic E-state index is -0.526. The minimum absolute atomic E-state index is 0.126. The van der Waals surface area contributed by atoms with E-state index in [2.05, 4.69) is 16.7 Å². The molecule has 0 aromatic carbocycles. The van der Waals surface area contributed by atoms with Crippen molar-refractivity contribution >= 4 is 17.7 Å². The Balaban J connectivity index is 2.88. The smallest absolute Gasteiger partial charge is 0.246 e. The zero-order valence-electron chi connectivity index (χ0n) is 11.8. The molecule has 112 valence electrons. The number of allylic oxidation sites excluding steroid dienone is 2. The number of carbonyl (C=O) groups excluding carboxylic acids is 1. The summed E-state index contributed by atoms with van der Waals surface area (Å²) in [6.07, 6.45) is 7.74. The van der Waals surface area contributed by atoms with Crippen molar-refractivity contribution in [1.82, 2.24) is 10.2 Å². The van der Waals surface area contributed by atoms with Crippen molar-refractivity contribution < 1.29 is 4.79 Å². The van der Waals surface area contributed by atoms with E-state index in [0.29, 0.717) is 11.3 Å². The number of rotatable bonds is 6. The number of amides is 1. The molecule has 1 amide bonds. The summed E-state index contributed by atoms with van der Waals surface area (Å²) in [5.41, 5.74) is 12.9. The molecule has 0 aromatic rings. The van der Waals surface area contributed by atoms with Gasteiger partial charge in [-0.15, -0.1) is 0 Å². The van der Waals surface area contributed by atoms with Gasteiger partial charge >= 0.3 is 0 Å². The molecule has 1 rings (SSSR count). The molecule has 1 fully saturated rings. The van der Waals surface area contributed by atoms with Crippen molar-refractivity contribution in [1.29, 1.82) is 0 Å². The maximum Gasteiger partial charge on any atom is 0.246 e. The average molecular weight is 299 g/mol. The van der Waals surface area contributed by atoms with Crippen LogP contribution in [0.15, 0.2) is 35.7 Å². The summed E-state index contributed by atoms with van der Waals surface area (Å²) in [4.78, 5) is 13.6. The Morgan fingerprint density at radius 3 is 2.55 bits per heavy atom. The van der Waals surface area contributed by atoms with Gasteiger partial charge < -0.3 is 16.8 Å². The van der Waals surface area contributed by atoms with Crippen LogP contribution < -0.4 is 21.6 Å². The van der Waals surface area contributed by atoms with E-state index in [0.717, 1.165) is 25.0 Å². The predicted octanol–water partition coefficient (Wildman–Crippen LogP) is 1.42. The van der Waals surface area contributed by atoms with Crippen molar-refractivity contribution in [2.45, 2.75) is 44.7 Å². The highest BCUT2D eigenvalue weighted by atomic mass is 35.5. The van der Waals surface area contributed by atoms with Crippen LogP contribution in [0.1, 0.15) is 32.6 Å². The molecular formula is C14H23ClN4O. The van der Waals surface area contributed by atoms with Crippen LogP contribution in [-0.2, 0) is 4.79 Å². The molecule has 20 heavy (non-hydrogen) atoms. The molecule has 1 saturated carbocycles. The summed E-state index contributed by atoms with van der Waals surface area (Å²) in [7, 11) is 0. The zero-order valence-corrected chi connectivity index (χ0v) is 12.5. The molecule has 0 spiro atoms. The Morgan fingerprint density at radius 1 is 1.40 bits per heavy atom.